The molecule has 0 bridgehead atoms. The normalized spacial score (nSPS) is 10.6. The van der Waals surface area contributed by atoms with Gasteiger partial charge in [-0.1, -0.05) is 43.3 Å². The predicted molar refractivity (Wildman–Crippen MR) is 71.9 cm³/mol. The molecule has 0 fully saturated rings. The van der Waals surface area contributed by atoms with Gasteiger partial charge in [0.25, 0.3) is 0 Å². The maximum absolute atomic E-state index is 2.26. The van der Waals surface area contributed by atoms with E-state index in [4.69, 9.17) is 0 Å². The van der Waals surface area contributed by atoms with E-state index in [1.54, 1.807) is 0 Å². The van der Waals surface area contributed by atoms with E-state index < -0.39 is 0 Å². The summed E-state index contributed by atoms with van der Waals surface area (Å²) in [5.74, 6) is 1.24. The van der Waals surface area contributed by atoms with Gasteiger partial charge in [0.1, 0.15) is 5.75 Å². The SMILES string of the molecule is CCC[S+](c1ccccc1)c1ccccc1. The van der Waals surface area contributed by atoms with Gasteiger partial charge in [0.15, 0.2) is 9.79 Å². The van der Waals surface area contributed by atoms with Crippen LogP contribution in [0.1, 0.15) is 13.3 Å². The van der Waals surface area contributed by atoms with Crippen molar-refractivity contribution in [2.24, 2.45) is 0 Å². The second-order valence-corrected chi connectivity index (χ2v) is 5.85. The third kappa shape index (κ3) is 2.67. The van der Waals surface area contributed by atoms with Gasteiger partial charge in [0.2, 0.25) is 0 Å². The topological polar surface area (TPSA) is 0 Å². The van der Waals surface area contributed by atoms with Gasteiger partial charge >= 0.3 is 0 Å². The molecular formula is C15H17S+. The molecule has 0 amide bonds. The Morgan fingerprint density at radius 1 is 0.750 bits per heavy atom. The van der Waals surface area contributed by atoms with Crippen molar-refractivity contribution < 1.29 is 0 Å². The number of benzene rings is 2. The molecule has 0 saturated carbocycles. The van der Waals surface area contributed by atoms with Crippen LogP contribution >= 0.6 is 0 Å². The molecule has 0 aliphatic rings. The highest BCUT2D eigenvalue weighted by molar-refractivity contribution is 7.97. The molecule has 0 spiro atoms. The first kappa shape index (κ1) is 11.3. The lowest BCUT2D eigenvalue weighted by Crippen LogP contribution is -2.07. The second-order valence-electron chi connectivity index (χ2n) is 3.72. The van der Waals surface area contributed by atoms with Crippen LogP contribution < -0.4 is 0 Å². The molecule has 0 aromatic heterocycles. The van der Waals surface area contributed by atoms with Crippen molar-refractivity contribution in [3.63, 3.8) is 0 Å². The molecule has 16 heavy (non-hydrogen) atoms. The minimum Gasteiger partial charge on any atom is -0.0619 e. The fraction of sp³-hybridized carbons (Fsp3) is 0.200. The first-order valence-corrected chi connectivity index (χ1v) is 7.12. The molecule has 0 saturated heterocycles. The van der Waals surface area contributed by atoms with Crippen LogP contribution in [0.25, 0.3) is 0 Å². The summed E-state index contributed by atoms with van der Waals surface area (Å²) < 4.78 is 0. The maximum Gasteiger partial charge on any atom is 0.160 e. The van der Waals surface area contributed by atoms with Gasteiger partial charge in [-0.15, -0.1) is 0 Å². The lowest BCUT2D eigenvalue weighted by molar-refractivity contribution is 1.09. The van der Waals surface area contributed by atoms with Gasteiger partial charge < -0.3 is 0 Å². The van der Waals surface area contributed by atoms with E-state index in [9.17, 15) is 0 Å². The Bertz CT molecular complexity index is 368. The first-order chi connectivity index (χ1) is 7.92. The van der Waals surface area contributed by atoms with Crippen molar-refractivity contribution in [2.75, 3.05) is 5.75 Å². The maximum atomic E-state index is 2.26. The summed E-state index contributed by atoms with van der Waals surface area (Å²) in [5, 5.41) is 0. The largest absolute Gasteiger partial charge is 0.160 e. The molecular weight excluding hydrogens is 212 g/mol. The second kappa shape index (κ2) is 5.76. The van der Waals surface area contributed by atoms with Gasteiger partial charge in [-0.2, -0.15) is 0 Å². The summed E-state index contributed by atoms with van der Waals surface area (Å²) in [6, 6.07) is 21.7. The van der Waals surface area contributed by atoms with Crippen LogP contribution in [0, 0.1) is 0 Å². The lowest BCUT2D eigenvalue weighted by Gasteiger charge is -2.06. The fourth-order valence-corrected chi connectivity index (χ4v) is 3.87. The standard InChI is InChI=1S/C15H17S/c1-2-13-16(14-9-5-3-6-10-14)15-11-7-4-8-12-15/h3-12H,2,13H2,1H3/q+1. The van der Waals surface area contributed by atoms with E-state index >= 15 is 0 Å². The zero-order valence-electron chi connectivity index (χ0n) is 9.60. The quantitative estimate of drug-likeness (QED) is 0.691. The van der Waals surface area contributed by atoms with Crippen molar-refractivity contribution in [1.82, 2.24) is 0 Å². The van der Waals surface area contributed by atoms with Gasteiger partial charge in [0.05, 0.1) is 10.9 Å². The Hall–Kier alpha value is -1.21. The van der Waals surface area contributed by atoms with Crippen molar-refractivity contribution in [2.45, 2.75) is 23.1 Å². The third-order valence-electron chi connectivity index (χ3n) is 2.46. The molecule has 82 valence electrons. The summed E-state index contributed by atoms with van der Waals surface area (Å²) in [5.41, 5.74) is 0. The highest BCUT2D eigenvalue weighted by Gasteiger charge is 2.22. The minimum absolute atomic E-state index is 0.249. The highest BCUT2D eigenvalue weighted by Crippen LogP contribution is 2.23. The molecule has 0 unspecified atom stereocenters. The number of hydrogen-bond donors (Lipinski definition) is 0. The third-order valence-corrected chi connectivity index (χ3v) is 4.96. The van der Waals surface area contributed by atoms with Gasteiger partial charge in [-0.05, 0) is 30.7 Å². The summed E-state index contributed by atoms with van der Waals surface area (Å²) in [7, 11) is 0.249. The van der Waals surface area contributed by atoms with Crippen molar-refractivity contribution in [3.8, 4) is 0 Å². The molecule has 0 aliphatic heterocycles. The monoisotopic (exact) mass is 229 g/mol. The molecule has 0 atom stereocenters. The van der Waals surface area contributed by atoms with Gasteiger partial charge in [-0.25, -0.2) is 0 Å². The molecule has 0 radical (unpaired) electrons. The lowest BCUT2D eigenvalue weighted by atomic mass is 10.4. The first-order valence-electron chi connectivity index (χ1n) is 5.73. The molecule has 0 nitrogen and oxygen atoms in total. The van der Waals surface area contributed by atoms with Crippen LogP contribution in [0.5, 0.6) is 0 Å². The molecule has 0 heterocycles. The predicted octanol–water partition coefficient (Wildman–Crippen LogP) is 4.13. The Kier molecular flexibility index (Phi) is 4.06. The van der Waals surface area contributed by atoms with E-state index in [1.807, 2.05) is 0 Å². The van der Waals surface area contributed by atoms with Crippen molar-refractivity contribution >= 4 is 10.9 Å². The van der Waals surface area contributed by atoms with Crippen LogP contribution in [0.3, 0.4) is 0 Å². The van der Waals surface area contributed by atoms with E-state index in [-0.39, 0.29) is 10.9 Å². The van der Waals surface area contributed by atoms with Gasteiger partial charge in [-0.3, -0.25) is 0 Å². The van der Waals surface area contributed by atoms with E-state index in [0.29, 0.717) is 0 Å². The van der Waals surface area contributed by atoms with E-state index in [2.05, 4.69) is 67.6 Å². The van der Waals surface area contributed by atoms with Crippen LogP contribution in [-0.2, 0) is 10.9 Å². The molecule has 0 N–H and O–H groups in total. The van der Waals surface area contributed by atoms with E-state index in [1.165, 1.54) is 22.0 Å². The minimum atomic E-state index is 0.249. The fourth-order valence-electron chi connectivity index (χ4n) is 1.75. The van der Waals surface area contributed by atoms with E-state index in [0.717, 1.165) is 0 Å². The zero-order valence-corrected chi connectivity index (χ0v) is 10.4. The molecule has 0 aliphatic carbocycles. The summed E-state index contributed by atoms with van der Waals surface area (Å²) in [4.78, 5) is 2.91. The smallest absolute Gasteiger partial charge is 0.0619 e. The van der Waals surface area contributed by atoms with Crippen LogP contribution in [0.15, 0.2) is 70.5 Å². The highest BCUT2D eigenvalue weighted by atomic mass is 32.2. The number of hydrogen-bond acceptors (Lipinski definition) is 0. The van der Waals surface area contributed by atoms with Crippen LogP contribution in [-0.4, -0.2) is 5.75 Å². The Morgan fingerprint density at radius 2 is 1.19 bits per heavy atom. The summed E-state index contributed by atoms with van der Waals surface area (Å²) in [6.07, 6.45) is 1.23. The Labute approximate surface area is 101 Å². The molecule has 1 heteroatoms. The molecule has 2 aromatic carbocycles. The Balaban J connectivity index is 2.31. The van der Waals surface area contributed by atoms with Gasteiger partial charge in [0, 0.05) is 0 Å². The molecule has 2 aromatic rings. The van der Waals surface area contributed by atoms with Crippen molar-refractivity contribution in [3.05, 3.63) is 60.7 Å². The van der Waals surface area contributed by atoms with Crippen LogP contribution in [0.2, 0.25) is 0 Å². The number of rotatable bonds is 4. The van der Waals surface area contributed by atoms with Crippen molar-refractivity contribution in [1.29, 1.82) is 0 Å². The zero-order chi connectivity index (χ0) is 11.2. The average Bonchev–Trinajstić information content (AvgIpc) is 2.38. The average molecular weight is 229 g/mol. The van der Waals surface area contributed by atoms with Crippen LogP contribution in [0.4, 0.5) is 0 Å². The summed E-state index contributed by atoms with van der Waals surface area (Å²) in [6.45, 7) is 2.26. The molecule has 2 rings (SSSR count). The summed E-state index contributed by atoms with van der Waals surface area (Å²) >= 11 is 0. The Morgan fingerprint density at radius 3 is 1.56 bits per heavy atom.